The van der Waals surface area contributed by atoms with Crippen molar-refractivity contribution >= 4 is 22.8 Å². The summed E-state index contributed by atoms with van der Waals surface area (Å²) in [5, 5.41) is 3.58. The van der Waals surface area contributed by atoms with E-state index in [0.29, 0.717) is 47.8 Å². The Labute approximate surface area is 196 Å². The molecule has 2 aromatic heterocycles. The molecule has 0 unspecified atom stereocenters. The summed E-state index contributed by atoms with van der Waals surface area (Å²) in [7, 11) is 1.60. The Hall–Kier alpha value is -2.78. The zero-order valence-electron chi connectivity index (χ0n) is 18.7. The van der Waals surface area contributed by atoms with Gasteiger partial charge in [0.1, 0.15) is 17.2 Å². The molecule has 4 rings (SSSR count). The Balaban J connectivity index is 1.28. The van der Waals surface area contributed by atoms with Gasteiger partial charge in [0.25, 0.3) is 5.56 Å². The minimum absolute atomic E-state index is 0.101. The molecule has 1 aliphatic heterocycles. The second-order valence-corrected chi connectivity index (χ2v) is 9.38. The molecule has 9 heteroatoms. The first-order valence-electron chi connectivity index (χ1n) is 11.0. The third kappa shape index (κ3) is 5.42. The van der Waals surface area contributed by atoms with Crippen LogP contribution >= 0.6 is 11.8 Å². The van der Waals surface area contributed by atoms with Gasteiger partial charge in [0.15, 0.2) is 11.6 Å². The van der Waals surface area contributed by atoms with Crippen molar-refractivity contribution in [2.24, 2.45) is 18.7 Å². The molecule has 7 nitrogen and oxygen atoms in total. The number of aryl methyl sites for hydroxylation is 1. The summed E-state index contributed by atoms with van der Waals surface area (Å²) in [6.07, 6.45) is 8.65. The van der Waals surface area contributed by atoms with Crippen LogP contribution in [-0.4, -0.2) is 34.7 Å². The number of ether oxygens (including phenoxy) is 2. The Morgan fingerprint density at radius 1 is 1.42 bits per heavy atom. The van der Waals surface area contributed by atoms with Gasteiger partial charge in [-0.2, -0.15) is 0 Å². The maximum atomic E-state index is 14.5. The zero-order chi connectivity index (χ0) is 23.4. The molecule has 0 aromatic carbocycles. The van der Waals surface area contributed by atoms with E-state index in [4.69, 9.17) is 15.2 Å². The van der Waals surface area contributed by atoms with Crippen LogP contribution in [0.25, 0.3) is 11.0 Å². The molecule has 1 aliphatic carbocycles. The van der Waals surface area contributed by atoms with E-state index in [2.05, 4.69) is 16.9 Å². The van der Waals surface area contributed by atoms with Crippen molar-refractivity contribution in [2.45, 2.75) is 31.7 Å². The first-order chi connectivity index (χ1) is 16.0. The summed E-state index contributed by atoms with van der Waals surface area (Å²) in [6, 6.07) is 3.42. The van der Waals surface area contributed by atoms with Crippen molar-refractivity contribution < 1.29 is 13.9 Å². The number of thioether (sulfide) groups is 1. The van der Waals surface area contributed by atoms with Crippen molar-refractivity contribution in [1.82, 2.24) is 14.9 Å². The van der Waals surface area contributed by atoms with Gasteiger partial charge in [-0.05, 0) is 49.3 Å². The van der Waals surface area contributed by atoms with Gasteiger partial charge in [-0.1, -0.05) is 18.3 Å². The van der Waals surface area contributed by atoms with E-state index in [-0.39, 0.29) is 11.3 Å². The molecule has 0 amide bonds. The monoisotopic (exact) mass is 472 g/mol. The van der Waals surface area contributed by atoms with Gasteiger partial charge < -0.3 is 25.1 Å². The lowest BCUT2D eigenvalue weighted by molar-refractivity contribution is 0.188. The van der Waals surface area contributed by atoms with Crippen LogP contribution < -0.4 is 21.3 Å². The van der Waals surface area contributed by atoms with Crippen molar-refractivity contribution in [2.75, 3.05) is 19.1 Å². The molecular formula is C24H29FN4O3S. The maximum Gasteiger partial charge on any atom is 0.250 e. The molecular weight excluding hydrogens is 443 g/mol. The molecule has 0 radical (unpaired) electrons. The standard InChI is InChI=1S/C24H29FN4O3S/c1-15(9-21-20(10-26)32-14-33-21)11-27-17-5-3-16(4-6-17)13-31-24-18(25)12-28-19-7-8-22(30)29(2)23(19)24/h7-10,12,16-17,27H,1,3-6,11,13-14,26H2,2H3/b20-10+,21-9+. The fourth-order valence-corrected chi connectivity index (χ4v) is 5.05. The molecule has 2 aromatic rings. The highest BCUT2D eigenvalue weighted by molar-refractivity contribution is 8.03. The molecule has 3 heterocycles. The minimum Gasteiger partial charge on any atom is -0.488 e. The number of hydrogen-bond donors (Lipinski definition) is 2. The smallest absolute Gasteiger partial charge is 0.250 e. The van der Waals surface area contributed by atoms with Crippen LogP contribution in [0.5, 0.6) is 5.75 Å². The highest BCUT2D eigenvalue weighted by Gasteiger charge is 2.23. The molecule has 2 fully saturated rings. The molecule has 1 saturated carbocycles. The van der Waals surface area contributed by atoms with Gasteiger partial charge in [0.2, 0.25) is 0 Å². The predicted octanol–water partition coefficient (Wildman–Crippen LogP) is 3.56. The number of nitrogens with zero attached hydrogens (tertiary/aromatic N) is 2. The second-order valence-electron chi connectivity index (χ2n) is 8.41. The number of aromatic nitrogens is 2. The SMILES string of the molecule is C=C(/C=C1/SCO/C1=C/N)CNC1CCC(COc2c(F)cnc3ccc(=O)n(C)c23)CC1. The highest BCUT2D eigenvalue weighted by Crippen LogP contribution is 2.33. The molecule has 176 valence electrons. The summed E-state index contributed by atoms with van der Waals surface area (Å²) in [6.45, 7) is 5.25. The van der Waals surface area contributed by atoms with E-state index in [0.717, 1.165) is 42.4 Å². The lowest BCUT2D eigenvalue weighted by atomic mass is 9.86. The first kappa shape index (κ1) is 23.4. The van der Waals surface area contributed by atoms with Crippen LogP contribution in [0.2, 0.25) is 0 Å². The Morgan fingerprint density at radius 2 is 2.21 bits per heavy atom. The van der Waals surface area contributed by atoms with Crippen LogP contribution in [-0.2, 0) is 11.8 Å². The van der Waals surface area contributed by atoms with Crippen LogP contribution in [0.1, 0.15) is 25.7 Å². The van der Waals surface area contributed by atoms with Crippen molar-refractivity contribution in [3.05, 3.63) is 69.6 Å². The molecule has 2 aliphatic rings. The van der Waals surface area contributed by atoms with E-state index in [1.807, 2.05) is 6.08 Å². The van der Waals surface area contributed by atoms with Crippen LogP contribution in [0.3, 0.4) is 0 Å². The summed E-state index contributed by atoms with van der Waals surface area (Å²) in [5.41, 5.74) is 7.27. The average Bonchev–Trinajstić information content (AvgIpc) is 3.27. The van der Waals surface area contributed by atoms with Crippen LogP contribution in [0, 0.1) is 11.7 Å². The quantitative estimate of drug-likeness (QED) is 0.637. The number of nitrogens with two attached hydrogens (primary N) is 1. The summed E-state index contributed by atoms with van der Waals surface area (Å²) < 4.78 is 27.2. The van der Waals surface area contributed by atoms with Gasteiger partial charge in [-0.3, -0.25) is 9.78 Å². The van der Waals surface area contributed by atoms with Gasteiger partial charge in [-0.25, -0.2) is 4.39 Å². The molecule has 3 N–H and O–H groups in total. The summed E-state index contributed by atoms with van der Waals surface area (Å²) >= 11 is 1.61. The highest BCUT2D eigenvalue weighted by atomic mass is 32.2. The fourth-order valence-electron chi connectivity index (χ4n) is 4.22. The van der Waals surface area contributed by atoms with E-state index >= 15 is 0 Å². The number of fused-ring (bicyclic) bond motifs is 1. The number of hydrogen-bond acceptors (Lipinski definition) is 7. The molecule has 0 atom stereocenters. The number of rotatable bonds is 7. The van der Waals surface area contributed by atoms with E-state index in [9.17, 15) is 9.18 Å². The number of nitrogens with one attached hydrogen (secondary N) is 1. The van der Waals surface area contributed by atoms with Gasteiger partial charge >= 0.3 is 0 Å². The van der Waals surface area contributed by atoms with Crippen LogP contribution in [0.15, 0.2) is 58.2 Å². The van der Waals surface area contributed by atoms with Gasteiger partial charge in [0.05, 0.1) is 23.2 Å². The third-order valence-electron chi connectivity index (χ3n) is 6.13. The first-order valence-corrected chi connectivity index (χ1v) is 12.0. The Morgan fingerprint density at radius 3 is 2.97 bits per heavy atom. The van der Waals surface area contributed by atoms with Gasteiger partial charge in [-0.15, -0.1) is 0 Å². The second kappa shape index (κ2) is 10.4. The summed E-state index contributed by atoms with van der Waals surface area (Å²) in [5.74, 6) is 1.17. The average molecular weight is 473 g/mol. The zero-order valence-corrected chi connectivity index (χ0v) is 19.5. The van der Waals surface area contributed by atoms with Crippen molar-refractivity contribution in [3.63, 3.8) is 0 Å². The topological polar surface area (TPSA) is 91.4 Å². The van der Waals surface area contributed by atoms with E-state index < -0.39 is 5.82 Å². The normalized spacial score (nSPS) is 23.2. The third-order valence-corrected chi connectivity index (χ3v) is 6.99. The molecule has 1 saturated heterocycles. The number of halogens is 1. The lowest BCUT2D eigenvalue weighted by Crippen LogP contribution is -2.35. The van der Waals surface area contributed by atoms with Crippen molar-refractivity contribution in [1.29, 1.82) is 0 Å². The predicted molar refractivity (Wildman–Crippen MR) is 129 cm³/mol. The van der Waals surface area contributed by atoms with Gasteiger partial charge in [0, 0.05) is 31.9 Å². The largest absolute Gasteiger partial charge is 0.488 e. The van der Waals surface area contributed by atoms with E-state index in [1.54, 1.807) is 24.9 Å². The maximum absolute atomic E-state index is 14.5. The Kier molecular flexibility index (Phi) is 7.39. The molecule has 0 bridgehead atoms. The number of pyridine rings is 2. The molecule has 0 spiro atoms. The Bertz CT molecular complexity index is 1150. The van der Waals surface area contributed by atoms with Crippen molar-refractivity contribution in [3.8, 4) is 5.75 Å². The van der Waals surface area contributed by atoms with E-state index in [1.165, 1.54) is 16.8 Å². The minimum atomic E-state index is -0.551. The fraction of sp³-hybridized carbons (Fsp3) is 0.417. The van der Waals surface area contributed by atoms with Crippen LogP contribution in [0.4, 0.5) is 4.39 Å². The molecule has 33 heavy (non-hydrogen) atoms. The lowest BCUT2D eigenvalue weighted by Gasteiger charge is -2.29. The summed E-state index contributed by atoms with van der Waals surface area (Å²) in [4.78, 5) is 17.1.